The van der Waals surface area contributed by atoms with E-state index in [1.54, 1.807) is 6.19 Å². The van der Waals surface area contributed by atoms with Crippen molar-refractivity contribution in [2.24, 2.45) is 4.99 Å². The summed E-state index contributed by atoms with van der Waals surface area (Å²) in [6.07, 6.45) is 1.72. The highest BCUT2D eigenvalue weighted by molar-refractivity contribution is 8.14. The predicted molar refractivity (Wildman–Crippen MR) is 70.7 cm³/mol. The Morgan fingerprint density at radius 2 is 2.42 bits per heavy atom. The Hall–Kier alpha value is -2.27. The first kappa shape index (κ1) is 13.2. The summed E-state index contributed by atoms with van der Waals surface area (Å²) in [5.74, 6) is 0.801. The minimum atomic E-state index is -0.508. The molecule has 0 spiro atoms. The number of phenolic OH excluding ortho intramolecular Hbond substituents is 1. The molecule has 1 saturated heterocycles. The molecule has 19 heavy (non-hydrogen) atoms. The van der Waals surface area contributed by atoms with Gasteiger partial charge in [-0.1, -0.05) is 11.8 Å². The molecule has 1 aromatic rings. The molecule has 0 saturated carbocycles. The summed E-state index contributed by atoms with van der Waals surface area (Å²) in [5.41, 5.74) is 0.376. The maximum Gasteiger partial charge on any atom is 0.270 e. The molecule has 7 nitrogen and oxygen atoms in total. The van der Waals surface area contributed by atoms with Crippen molar-refractivity contribution in [1.29, 1.82) is 5.26 Å². The maximum atomic E-state index is 10.7. The van der Waals surface area contributed by atoms with Gasteiger partial charge < -0.3 is 10.0 Å². The second-order valence-electron chi connectivity index (χ2n) is 3.83. The summed E-state index contributed by atoms with van der Waals surface area (Å²) in [5, 5.41) is 29.6. The summed E-state index contributed by atoms with van der Waals surface area (Å²) in [4.78, 5) is 15.7. The first-order valence-corrected chi connectivity index (χ1v) is 6.41. The molecule has 1 heterocycles. The van der Waals surface area contributed by atoms with E-state index in [1.807, 2.05) is 4.90 Å². The van der Waals surface area contributed by atoms with Crippen molar-refractivity contribution in [1.82, 2.24) is 4.90 Å². The third-order valence-corrected chi connectivity index (χ3v) is 3.64. The molecule has 1 fully saturated rings. The number of benzene rings is 1. The van der Waals surface area contributed by atoms with Gasteiger partial charge in [0.05, 0.1) is 4.92 Å². The van der Waals surface area contributed by atoms with E-state index in [4.69, 9.17) is 5.26 Å². The Kier molecular flexibility index (Phi) is 3.87. The van der Waals surface area contributed by atoms with Crippen LogP contribution in [0.4, 0.5) is 5.69 Å². The fourth-order valence-electron chi connectivity index (χ4n) is 1.74. The van der Waals surface area contributed by atoms with Crippen molar-refractivity contribution in [3.63, 3.8) is 0 Å². The molecule has 1 N–H and O–H groups in total. The molecular formula is C11H10N4O3S. The number of nitro benzene ring substituents is 1. The van der Waals surface area contributed by atoms with Crippen LogP contribution in [0.5, 0.6) is 5.75 Å². The van der Waals surface area contributed by atoms with E-state index in [-0.39, 0.29) is 11.4 Å². The lowest BCUT2D eigenvalue weighted by Crippen LogP contribution is -2.23. The Bertz CT molecular complexity index is 582. The summed E-state index contributed by atoms with van der Waals surface area (Å²) < 4.78 is 0. The summed E-state index contributed by atoms with van der Waals surface area (Å²) in [6, 6.07) is 3.89. The number of aromatic hydroxyl groups is 1. The summed E-state index contributed by atoms with van der Waals surface area (Å²) in [7, 11) is 0. The van der Waals surface area contributed by atoms with Gasteiger partial charge in [-0.05, 0) is 6.07 Å². The first-order valence-electron chi connectivity index (χ1n) is 5.42. The van der Waals surface area contributed by atoms with Gasteiger partial charge in [0.15, 0.2) is 5.17 Å². The molecule has 8 heteroatoms. The van der Waals surface area contributed by atoms with Crippen LogP contribution in [0.25, 0.3) is 0 Å². The molecule has 0 aliphatic carbocycles. The molecule has 1 aliphatic heterocycles. The van der Waals surface area contributed by atoms with Gasteiger partial charge in [-0.2, -0.15) is 5.26 Å². The average molecular weight is 278 g/mol. The standard InChI is InChI=1S/C11H10N4O3S/c12-7-13-11-14(3-4-19-11)6-8-5-9(15(17)18)1-2-10(8)16/h1-2,5,16H,3-4,6H2. The van der Waals surface area contributed by atoms with E-state index < -0.39 is 4.92 Å². The van der Waals surface area contributed by atoms with Crippen LogP contribution >= 0.6 is 11.8 Å². The molecule has 1 aliphatic rings. The van der Waals surface area contributed by atoms with E-state index in [1.165, 1.54) is 30.0 Å². The number of amidine groups is 1. The third kappa shape index (κ3) is 2.95. The zero-order chi connectivity index (χ0) is 13.8. The van der Waals surface area contributed by atoms with Gasteiger partial charge in [0.1, 0.15) is 5.75 Å². The van der Waals surface area contributed by atoms with Crippen molar-refractivity contribution >= 4 is 22.6 Å². The lowest BCUT2D eigenvalue weighted by Gasteiger charge is -2.17. The van der Waals surface area contributed by atoms with Gasteiger partial charge >= 0.3 is 0 Å². The molecule has 2 rings (SSSR count). The Morgan fingerprint density at radius 1 is 1.63 bits per heavy atom. The van der Waals surface area contributed by atoms with Crippen molar-refractivity contribution in [2.75, 3.05) is 12.3 Å². The Labute approximate surface area is 113 Å². The number of rotatable bonds is 3. The monoisotopic (exact) mass is 278 g/mol. The molecule has 0 aromatic heterocycles. The number of aliphatic imine (C=N–C) groups is 1. The zero-order valence-corrected chi connectivity index (χ0v) is 10.6. The number of phenols is 1. The Balaban J connectivity index is 2.23. The zero-order valence-electron chi connectivity index (χ0n) is 9.81. The molecule has 0 amide bonds. The smallest absolute Gasteiger partial charge is 0.270 e. The van der Waals surface area contributed by atoms with Crippen LogP contribution in [0, 0.1) is 21.6 Å². The van der Waals surface area contributed by atoms with E-state index in [2.05, 4.69) is 4.99 Å². The second-order valence-corrected chi connectivity index (χ2v) is 4.90. The number of nitriles is 1. The van der Waals surface area contributed by atoms with Crippen LogP contribution < -0.4 is 0 Å². The molecule has 1 aromatic carbocycles. The highest BCUT2D eigenvalue weighted by Gasteiger charge is 2.21. The van der Waals surface area contributed by atoms with Crippen LogP contribution in [0.2, 0.25) is 0 Å². The van der Waals surface area contributed by atoms with Gasteiger partial charge in [-0.15, -0.1) is 4.99 Å². The van der Waals surface area contributed by atoms with Crippen LogP contribution in [-0.2, 0) is 6.54 Å². The normalized spacial score (nSPS) is 16.6. The van der Waals surface area contributed by atoms with E-state index in [9.17, 15) is 15.2 Å². The SMILES string of the molecule is N#CN=C1SCCN1Cc1cc([N+](=O)[O-])ccc1O. The van der Waals surface area contributed by atoms with Gasteiger partial charge in [0.2, 0.25) is 6.19 Å². The highest BCUT2D eigenvalue weighted by Crippen LogP contribution is 2.27. The van der Waals surface area contributed by atoms with Crippen molar-refractivity contribution < 1.29 is 10.0 Å². The number of non-ortho nitro benzene ring substituents is 1. The number of thioether (sulfide) groups is 1. The quantitative estimate of drug-likeness (QED) is 0.512. The van der Waals surface area contributed by atoms with Crippen LogP contribution in [0.1, 0.15) is 5.56 Å². The third-order valence-electron chi connectivity index (χ3n) is 2.64. The van der Waals surface area contributed by atoms with E-state index in [0.717, 1.165) is 5.75 Å². The van der Waals surface area contributed by atoms with Gasteiger partial charge in [0.25, 0.3) is 5.69 Å². The molecular weight excluding hydrogens is 268 g/mol. The summed E-state index contributed by atoms with van der Waals surface area (Å²) in [6.45, 7) is 0.980. The van der Waals surface area contributed by atoms with Gasteiger partial charge in [-0.25, -0.2) is 0 Å². The predicted octanol–water partition coefficient (Wildman–Crippen LogP) is 1.69. The largest absolute Gasteiger partial charge is 0.508 e. The minimum absolute atomic E-state index is 0.00110. The second kappa shape index (κ2) is 5.58. The van der Waals surface area contributed by atoms with Crippen molar-refractivity contribution in [3.8, 4) is 11.9 Å². The van der Waals surface area contributed by atoms with Crippen molar-refractivity contribution in [3.05, 3.63) is 33.9 Å². The van der Waals surface area contributed by atoms with E-state index >= 15 is 0 Å². The first-order chi connectivity index (χ1) is 9.11. The van der Waals surface area contributed by atoms with Crippen LogP contribution in [0.3, 0.4) is 0 Å². The van der Waals surface area contributed by atoms with Gasteiger partial charge in [-0.3, -0.25) is 10.1 Å². The fraction of sp³-hybridized carbons (Fsp3) is 0.273. The number of nitro groups is 1. The van der Waals surface area contributed by atoms with E-state index in [0.29, 0.717) is 23.8 Å². The highest BCUT2D eigenvalue weighted by atomic mass is 32.2. The molecule has 0 atom stereocenters. The van der Waals surface area contributed by atoms with Crippen molar-refractivity contribution in [2.45, 2.75) is 6.54 Å². The lowest BCUT2D eigenvalue weighted by atomic mass is 10.1. The lowest BCUT2D eigenvalue weighted by molar-refractivity contribution is -0.384. The maximum absolute atomic E-state index is 10.7. The molecule has 0 bridgehead atoms. The average Bonchev–Trinajstić information content (AvgIpc) is 2.80. The Morgan fingerprint density at radius 3 is 3.11 bits per heavy atom. The van der Waals surface area contributed by atoms with Gasteiger partial charge in [0, 0.05) is 36.5 Å². The number of hydrogen-bond acceptors (Lipinski definition) is 6. The molecule has 0 radical (unpaired) electrons. The fourth-order valence-corrected chi connectivity index (χ4v) is 2.68. The topological polar surface area (TPSA) is 103 Å². The molecule has 98 valence electrons. The number of hydrogen-bond donors (Lipinski definition) is 1. The number of nitrogens with zero attached hydrogens (tertiary/aromatic N) is 4. The van der Waals surface area contributed by atoms with Crippen LogP contribution in [-0.4, -0.2) is 32.4 Å². The molecule has 0 unspecified atom stereocenters. The van der Waals surface area contributed by atoms with Crippen LogP contribution in [0.15, 0.2) is 23.2 Å². The summed E-state index contributed by atoms with van der Waals surface area (Å²) >= 11 is 1.45. The minimum Gasteiger partial charge on any atom is -0.508 e.